The molecule has 4 aromatic heterocycles. The number of carbonyl (C=O) groups excluding carboxylic acids is 1. The molecule has 8 rings (SSSR count). The number of amides is 1. The molecule has 1 amide bonds. The van der Waals surface area contributed by atoms with Crippen LogP contribution in [0.2, 0.25) is 10.0 Å². The van der Waals surface area contributed by atoms with E-state index in [1.54, 1.807) is 40.0 Å². The highest BCUT2D eigenvalue weighted by atomic mass is 35.5. The summed E-state index contributed by atoms with van der Waals surface area (Å²) in [5, 5.41) is 12.9. The largest absolute Gasteiger partial charge is 0.444 e. The van der Waals surface area contributed by atoms with E-state index in [1.165, 1.54) is 5.69 Å². The van der Waals surface area contributed by atoms with Gasteiger partial charge in [-0.3, -0.25) is 0 Å². The molecule has 2 saturated heterocycles. The quantitative estimate of drug-likeness (QED) is 0.133. The first-order valence-electron chi connectivity index (χ1n) is 20.1. The molecular weight excluding hydrogens is 852 g/mol. The molecule has 14 nitrogen and oxygen atoms in total. The molecule has 2 aromatic carbocycles. The summed E-state index contributed by atoms with van der Waals surface area (Å²) in [6.45, 7) is 20.4. The molecule has 0 bridgehead atoms. The van der Waals surface area contributed by atoms with E-state index in [9.17, 15) is 4.79 Å². The summed E-state index contributed by atoms with van der Waals surface area (Å²) in [5.41, 5.74) is 6.91. The van der Waals surface area contributed by atoms with Crippen LogP contribution in [0.25, 0.3) is 21.1 Å². The molecule has 0 saturated carbocycles. The van der Waals surface area contributed by atoms with Crippen molar-refractivity contribution in [2.24, 2.45) is 0 Å². The number of benzene rings is 2. The second-order valence-electron chi connectivity index (χ2n) is 15.6. The van der Waals surface area contributed by atoms with Gasteiger partial charge in [0.15, 0.2) is 0 Å². The van der Waals surface area contributed by atoms with E-state index in [0.717, 1.165) is 93.2 Å². The van der Waals surface area contributed by atoms with Crippen molar-refractivity contribution >= 4 is 86.6 Å². The van der Waals surface area contributed by atoms with Gasteiger partial charge >= 0.3 is 6.09 Å². The first-order valence-corrected chi connectivity index (χ1v) is 22.4. The number of piperazine rings is 2. The SMILES string of the molecule is Cc1nc(C)c(-c2nc(Nc3ccc(N4CCN(C(=O)OC(C)(C)C)CC4)cc3)ncc2Cl)s1.Cc1nc(C)c(-c2nc(Nc3ccc(N4CCNCC4)cc3)ncc2Cl)s1. The molecule has 18 heteroatoms. The third kappa shape index (κ3) is 11.4. The second kappa shape index (κ2) is 19.3. The van der Waals surface area contributed by atoms with Gasteiger partial charge in [-0.15, -0.1) is 22.7 Å². The van der Waals surface area contributed by atoms with Crippen LogP contribution in [0.5, 0.6) is 0 Å². The molecule has 6 aromatic rings. The van der Waals surface area contributed by atoms with Crippen molar-refractivity contribution in [1.82, 2.24) is 40.1 Å². The minimum absolute atomic E-state index is 0.252. The minimum atomic E-state index is -0.482. The Labute approximate surface area is 374 Å². The summed E-state index contributed by atoms with van der Waals surface area (Å²) in [5.74, 6) is 0.998. The summed E-state index contributed by atoms with van der Waals surface area (Å²) in [4.78, 5) is 47.5. The molecule has 0 radical (unpaired) electrons. The maximum Gasteiger partial charge on any atom is 0.410 e. The van der Waals surface area contributed by atoms with Crippen LogP contribution in [0.1, 0.15) is 42.2 Å². The number of ether oxygens (including phenoxy) is 1. The van der Waals surface area contributed by atoms with E-state index in [-0.39, 0.29) is 6.09 Å². The molecule has 61 heavy (non-hydrogen) atoms. The van der Waals surface area contributed by atoms with Crippen molar-refractivity contribution in [1.29, 1.82) is 0 Å². The van der Waals surface area contributed by atoms with Crippen LogP contribution < -0.4 is 25.8 Å². The van der Waals surface area contributed by atoms with E-state index in [0.29, 0.717) is 40.7 Å². The lowest BCUT2D eigenvalue weighted by molar-refractivity contribution is 0.0240. The Morgan fingerprint density at radius 2 is 1.08 bits per heavy atom. The van der Waals surface area contributed by atoms with Gasteiger partial charge in [0.05, 0.1) is 53.6 Å². The fourth-order valence-corrected chi connectivity index (χ4v) is 9.17. The molecule has 2 fully saturated rings. The van der Waals surface area contributed by atoms with Crippen LogP contribution in [0.15, 0.2) is 60.9 Å². The van der Waals surface area contributed by atoms with Crippen molar-refractivity contribution in [3.63, 3.8) is 0 Å². The van der Waals surface area contributed by atoms with Crippen LogP contribution in [0, 0.1) is 27.7 Å². The van der Waals surface area contributed by atoms with E-state index in [4.69, 9.17) is 27.9 Å². The van der Waals surface area contributed by atoms with Crippen LogP contribution in [-0.4, -0.2) is 98.9 Å². The third-order valence-corrected chi connectivity index (χ3v) is 12.5. The first kappa shape index (κ1) is 43.9. The maximum atomic E-state index is 12.3. The zero-order chi connectivity index (χ0) is 43.3. The van der Waals surface area contributed by atoms with Gasteiger partial charge in [-0.25, -0.2) is 34.7 Å². The zero-order valence-corrected chi connectivity index (χ0v) is 38.5. The number of rotatable bonds is 8. The predicted octanol–water partition coefficient (Wildman–Crippen LogP) is 9.69. The smallest absolute Gasteiger partial charge is 0.410 e. The lowest BCUT2D eigenvalue weighted by Gasteiger charge is -2.36. The number of aryl methyl sites for hydroxylation is 4. The molecule has 3 N–H and O–H groups in total. The van der Waals surface area contributed by atoms with Gasteiger partial charge in [0.2, 0.25) is 11.9 Å². The second-order valence-corrected chi connectivity index (χ2v) is 18.8. The Balaban J connectivity index is 0.000000189. The molecule has 0 spiro atoms. The highest BCUT2D eigenvalue weighted by Crippen LogP contribution is 2.35. The first-order chi connectivity index (χ1) is 29.2. The van der Waals surface area contributed by atoms with Crippen LogP contribution >= 0.6 is 45.9 Å². The lowest BCUT2D eigenvalue weighted by atomic mass is 10.2. The van der Waals surface area contributed by atoms with E-state index in [1.807, 2.05) is 60.6 Å². The summed E-state index contributed by atoms with van der Waals surface area (Å²) in [6.07, 6.45) is 2.99. The number of nitrogens with one attached hydrogen (secondary N) is 3. The van der Waals surface area contributed by atoms with Crippen molar-refractivity contribution in [2.75, 3.05) is 72.8 Å². The van der Waals surface area contributed by atoms with Gasteiger partial charge in [0.1, 0.15) is 17.0 Å². The van der Waals surface area contributed by atoms with Crippen LogP contribution in [0.3, 0.4) is 0 Å². The number of anilines is 6. The molecule has 0 atom stereocenters. The molecular formula is C43H50Cl2N12O2S2. The Kier molecular flexibility index (Phi) is 13.9. The highest BCUT2D eigenvalue weighted by molar-refractivity contribution is 7.15. The van der Waals surface area contributed by atoms with Gasteiger partial charge in [0, 0.05) is 75.1 Å². The van der Waals surface area contributed by atoms with Gasteiger partial charge < -0.3 is 35.4 Å². The summed E-state index contributed by atoms with van der Waals surface area (Å²) in [6, 6.07) is 16.5. The number of thiazole rings is 2. The van der Waals surface area contributed by atoms with Crippen LogP contribution in [0.4, 0.5) is 39.4 Å². The number of carbonyl (C=O) groups is 1. The van der Waals surface area contributed by atoms with Gasteiger partial charge in [-0.2, -0.15) is 0 Å². The molecule has 2 aliphatic rings. The molecule has 6 heterocycles. The lowest BCUT2D eigenvalue weighted by Crippen LogP contribution is -2.50. The average molecular weight is 902 g/mol. The third-order valence-electron chi connectivity index (χ3n) is 9.75. The average Bonchev–Trinajstić information content (AvgIpc) is 3.77. The van der Waals surface area contributed by atoms with Crippen molar-refractivity contribution in [2.45, 2.75) is 54.1 Å². The zero-order valence-electron chi connectivity index (χ0n) is 35.3. The number of aromatic nitrogens is 6. The number of hydrogen-bond donors (Lipinski definition) is 3. The fraction of sp³-hybridized carbons (Fsp3) is 0.372. The monoisotopic (exact) mass is 900 g/mol. The molecule has 0 unspecified atom stereocenters. The molecule has 0 aliphatic carbocycles. The standard InChI is InChI=1S/C24H29ClN6O2S.C19H21ClN6S/c1-15-21(34-16(2)27-15)20-19(25)14-26-22(29-20)28-17-6-8-18(9-7-17)30-10-12-31(13-11-30)23(32)33-24(3,4)5;1-12-18(27-13(2)23-12)17-16(20)11-22-19(25-17)24-14-3-5-15(6-4-14)26-9-7-21-8-10-26/h6-9,14H,10-13H2,1-5H3,(H,26,28,29);3-6,11,21H,7-10H2,1-2H3,(H,22,24,25). The summed E-state index contributed by atoms with van der Waals surface area (Å²) in [7, 11) is 0. The Morgan fingerprint density at radius 3 is 1.48 bits per heavy atom. The Bertz CT molecular complexity index is 2440. The van der Waals surface area contributed by atoms with Crippen molar-refractivity contribution in [3.05, 3.63) is 92.4 Å². The van der Waals surface area contributed by atoms with Crippen molar-refractivity contribution < 1.29 is 9.53 Å². The summed E-state index contributed by atoms with van der Waals surface area (Å²) >= 11 is 15.9. The minimum Gasteiger partial charge on any atom is -0.444 e. The fourth-order valence-electron chi connectivity index (χ4n) is 6.84. The Hall–Kier alpha value is -5.13. The van der Waals surface area contributed by atoms with Gasteiger partial charge in [0.25, 0.3) is 0 Å². The number of hydrogen-bond acceptors (Lipinski definition) is 15. The maximum absolute atomic E-state index is 12.3. The number of halogens is 2. The van der Waals surface area contributed by atoms with Crippen LogP contribution in [-0.2, 0) is 4.74 Å². The van der Waals surface area contributed by atoms with E-state index < -0.39 is 5.60 Å². The van der Waals surface area contributed by atoms with Gasteiger partial charge in [-0.05, 0) is 97.0 Å². The summed E-state index contributed by atoms with van der Waals surface area (Å²) < 4.78 is 5.48. The normalized spacial score (nSPS) is 14.3. The van der Waals surface area contributed by atoms with E-state index in [2.05, 4.69) is 92.1 Å². The van der Waals surface area contributed by atoms with Crippen molar-refractivity contribution in [3.8, 4) is 21.1 Å². The molecule has 320 valence electrons. The Morgan fingerprint density at radius 1 is 0.656 bits per heavy atom. The molecule has 2 aliphatic heterocycles. The van der Waals surface area contributed by atoms with E-state index >= 15 is 0 Å². The number of nitrogens with zero attached hydrogens (tertiary/aromatic N) is 9. The predicted molar refractivity (Wildman–Crippen MR) is 250 cm³/mol. The van der Waals surface area contributed by atoms with Gasteiger partial charge in [-0.1, -0.05) is 23.2 Å². The highest BCUT2D eigenvalue weighted by Gasteiger charge is 2.26. The topological polar surface area (TPSA) is 149 Å².